The molecule has 26 heavy (non-hydrogen) atoms. The minimum Gasteiger partial charge on any atom is -0.356 e. The number of carbonyl (C=O) groups is 2. The molecule has 7 nitrogen and oxygen atoms in total. The fourth-order valence-electron chi connectivity index (χ4n) is 5.13. The lowest BCUT2D eigenvalue weighted by Gasteiger charge is -2.19. The molecule has 2 N–H and O–H groups in total. The van der Waals surface area contributed by atoms with Gasteiger partial charge in [-0.15, -0.1) is 0 Å². The normalized spacial score (nSPS) is 36.3. The Balaban J connectivity index is 1.24. The van der Waals surface area contributed by atoms with Crippen LogP contribution in [0.25, 0.3) is 0 Å². The van der Waals surface area contributed by atoms with Crippen LogP contribution in [0.2, 0.25) is 0 Å². The molecule has 7 heteroatoms. The quantitative estimate of drug-likeness (QED) is 0.311. The van der Waals surface area contributed by atoms with E-state index in [1.807, 2.05) is 0 Å². The first kappa shape index (κ1) is 17.5. The van der Waals surface area contributed by atoms with Crippen molar-refractivity contribution in [2.75, 3.05) is 46.8 Å². The Kier molecular flexibility index (Phi) is 4.73. The third-order valence-electron chi connectivity index (χ3n) is 6.46. The van der Waals surface area contributed by atoms with Crippen LogP contribution in [0.5, 0.6) is 0 Å². The second-order valence-electron chi connectivity index (χ2n) is 8.12. The summed E-state index contributed by atoms with van der Waals surface area (Å²) in [7, 11) is 3.89. The second kappa shape index (κ2) is 7.02. The van der Waals surface area contributed by atoms with E-state index in [9.17, 15) is 9.59 Å². The number of nitrogens with zero attached hydrogens (tertiary/aromatic N) is 3. The Labute approximate surface area is 154 Å². The average molecular weight is 359 g/mol. The molecule has 0 aromatic heterocycles. The first-order valence-electron chi connectivity index (χ1n) is 9.75. The summed E-state index contributed by atoms with van der Waals surface area (Å²) in [5.74, 6) is 1.77. The van der Waals surface area contributed by atoms with Gasteiger partial charge in [-0.25, -0.2) is 0 Å². The van der Waals surface area contributed by atoms with E-state index in [1.54, 1.807) is 7.05 Å². The van der Waals surface area contributed by atoms with Gasteiger partial charge in [0.1, 0.15) is 0 Å². The van der Waals surface area contributed by atoms with E-state index in [1.165, 1.54) is 11.3 Å². The largest absolute Gasteiger partial charge is 0.356 e. The van der Waals surface area contributed by atoms with Gasteiger partial charge in [-0.3, -0.25) is 19.5 Å². The van der Waals surface area contributed by atoms with Gasteiger partial charge in [-0.2, -0.15) is 0 Å². The lowest BCUT2D eigenvalue weighted by atomic mass is 9.85. The van der Waals surface area contributed by atoms with Crippen LogP contribution < -0.4 is 10.6 Å². The molecule has 4 rings (SSSR count). The number of allylic oxidation sites excluding steroid dienone is 2. The number of amides is 2. The van der Waals surface area contributed by atoms with E-state index in [0.29, 0.717) is 19.0 Å². The molecule has 142 valence electrons. The van der Waals surface area contributed by atoms with Crippen molar-refractivity contribution < 1.29 is 9.59 Å². The summed E-state index contributed by atoms with van der Waals surface area (Å²) in [6.07, 6.45) is 6.44. The molecule has 0 spiro atoms. The van der Waals surface area contributed by atoms with Crippen LogP contribution in [0.4, 0.5) is 0 Å². The molecular weight excluding hydrogens is 330 g/mol. The zero-order valence-corrected chi connectivity index (χ0v) is 15.6. The van der Waals surface area contributed by atoms with Gasteiger partial charge in [0.25, 0.3) is 0 Å². The lowest BCUT2D eigenvalue weighted by Crippen LogP contribution is -2.44. The van der Waals surface area contributed by atoms with E-state index >= 15 is 0 Å². The van der Waals surface area contributed by atoms with Gasteiger partial charge < -0.3 is 15.5 Å². The Morgan fingerprint density at radius 1 is 1.19 bits per heavy atom. The summed E-state index contributed by atoms with van der Waals surface area (Å²) in [6, 6.07) is 0. The van der Waals surface area contributed by atoms with Crippen molar-refractivity contribution in [3.8, 4) is 0 Å². The van der Waals surface area contributed by atoms with Crippen molar-refractivity contribution in [2.24, 2.45) is 34.6 Å². The number of guanidine groups is 1. The Bertz CT molecular complexity index is 616. The maximum absolute atomic E-state index is 12.7. The summed E-state index contributed by atoms with van der Waals surface area (Å²) < 4.78 is 0. The molecule has 1 saturated carbocycles. The van der Waals surface area contributed by atoms with E-state index in [0.717, 1.165) is 32.0 Å². The predicted octanol–water partition coefficient (Wildman–Crippen LogP) is -0.0898. The van der Waals surface area contributed by atoms with Crippen LogP contribution in [-0.2, 0) is 9.59 Å². The van der Waals surface area contributed by atoms with Crippen LogP contribution in [0, 0.1) is 29.6 Å². The van der Waals surface area contributed by atoms with Crippen molar-refractivity contribution in [2.45, 2.75) is 12.8 Å². The van der Waals surface area contributed by atoms with Crippen LogP contribution in [0.15, 0.2) is 17.1 Å². The molecule has 4 aliphatic rings. The fourth-order valence-corrected chi connectivity index (χ4v) is 5.13. The van der Waals surface area contributed by atoms with E-state index < -0.39 is 0 Å². The molecule has 0 aromatic carbocycles. The average Bonchev–Trinajstić information content (AvgIpc) is 3.38. The van der Waals surface area contributed by atoms with E-state index in [4.69, 9.17) is 0 Å². The zero-order chi connectivity index (χ0) is 18.3. The molecule has 2 amide bonds. The molecule has 5 atom stereocenters. The molecular formula is C19H29N5O2. The summed E-state index contributed by atoms with van der Waals surface area (Å²) >= 11 is 0. The number of fused-ring (bicyclic) bond motifs is 5. The smallest absolute Gasteiger partial charge is 0.233 e. The van der Waals surface area contributed by atoms with Crippen molar-refractivity contribution in [1.29, 1.82) is 0 Å². The number of nitrogens with one attached hydrogen (secondary N) is 2. The van der Waals surface area contributed by atoms with Crippen molar-refractivity contribution >= 4 is 17.8 Å². The number of rotatable bonds is 5. The van der Waals surface area contributed by atoms with Gasteiger partial charge in [-0.05, 0) is 44.2 Å². The molecule has 2 saturated heterocycles. The SMILES string of the molecule is CN=C(NCCN1C(=O)C2C3C=CC(C3)C2C1=O)NCC1CCN(C)C1. The van der Waals surface area contributed by atoms with Crippen molar-refractivity contribution in [1.82, 2.24) is 20.4 Å². The van der Waals surface area contributed by atoms with Crippen LogP contribution in [0.1, 0.15) is 12.8 Å². The molecule has 5 unspecified atom stereocenters. The molecule has 3 fully saturated rings. The molecule has 0 radical (unpaired) electrons. The zero-order valence-electron chi connectivity index (χ0n) is 15.6. The van der Waals surface area contributed by atoms with Crippen LogP contribution >= 0.6 is 0 Å². The number of hydrogen-bond donors (Lipinski definition) is 2. The molecule has 2 aliphatic carbocycles. The van der Waals surface area contributed by atoms with Crippen LogP contribution in [0.3, 0.4) is 0 Å². The van der Waals surface area contributed by atoms with Gasteiger partial charge in [0, 0.05) is 33.2 Å². The second-order valence-corrected chi connectivity index (χ2v) is 8.12. The molecule has 2 heterocycles. The van der Waals surface area contributed by atoms with Gasteiger partial charge in [0.15, 0.2) is 5.96 Å². The number of aliphatic imine (C=N–C) groups is 1. The van der Waals surface area contributed by atoms with Crippen molar-refractivity contribution in [3.63, 3.8) is 0 Å². The number of likely N-dealkylation sites (tertiary alicyclic amines) is 2. The summed E-state index contributed by atoms with van der Waals surface area (Å²) in [5.41, 5.74) is 0. The topological polar surface area (TPSA) is 77.0 Å². The minimum atomic E-state index is -0.103. The third-order valence-corrected chi connectivity index (χ3v) is 6.46. The van der Waals surface area contributed by atoms with E-state index in [-0.39, 0.29) is 35.5 Å². The summed E-state index contributed by atoms with van der Waals surface area (Å²) in [5, 5.41) is 6.60. The highest BCUT2D eigenvalue weighted by Crippen LogP contribution is 2.52. The van der Waals surface area contributed by atoms with Gasteiger partial charge in [-0.1, -0.05) is 12.2 Å². The fraction of sp³-hybridized carbons (Fsp3) is 0.737. The molecule has 0 aromatic rings. The highest BCUT2D eigenvalue weighted by atomic mass is 16.2. The highest BCUT2D eigenvalue weighted by Gasteiger charge is 2.58. The number of imide groups is 1. The first-order valence-corrected chi connectivity index (χ1v) is 9.75. The summed E-state index contributed by atoms with van der Waals surface area (Å²) in [4.78, 5) is 33.4. The Hall–Kier alpha value is -1.89. The monoisotopic (exact) mass is 359 g/mol. The minimum absolute atomic E-state index is 0.0237. The maximum atomic E-state index is 12.7. The van der Waals surface area contributed by atoms with Crippen LogP contribution in [-0.4, -0.2) is 74.4 Å². The predicted molar refractivity (Wildman–Crippen MR) is 99.4 cm³/mol. The highest BCUT2D eigenvalue weighted by molar-refractivity contribution is 6.06. The van der Waals surface area contributed by atoms with Gasteiger partial charge >= 0.3 is 0 Å². The number of carbonyl (C=O) groups excluding carboxylic acids is 2. The number of hydrogen-bond acceptors (Lipinski definition) is 4. The Morgan fingerprint density at radius 2 is 1.88 bits per heavy atom. The Morgan fingerprint density at radius 3 is 2.46 bits per heavy atom. The lowest BCUT2D eigenvalue weighted by molar-refractivity contribution is -0.140. The molecule has 2 aliphatic heterocycles. The van der Waals surface area contributed by atoms with Crippen molar-refractivity contribution in [3.05, 3.63) is 12.2 Å². The van der Waals surface area contributed by atoms with E-state index in [2.05, 4.69) is 39.7 Å². The third kappa shape index (κ3) is 3.02. The summed E-state index contributed by atoms with van der Waals surface area (Å²) in [6.45, 7) is 4.10. The maximum Gasteiger partial charge on any atom is 0.233 e. The van der Waals surface area contributed by atoms with Gasteiger partial charge in [0.05, 0.1) is 11.8 Å². The molecule has 2 bridgehead atoms. The van der Waals surface area contributed by atoms with Gasteiger partial charge in [0.2, 0.25) is 11.8 Å². The standard InChI is InChI=1S/C19H29N5O2/c1-20-19(22-10-12-5-7-23(2)11-12)21-6-8-24-17(25)15-13-3-4-14(9-13)16(15)18(24)26/h3-4,12-16H,5-11H2,1-2H3,(H2,20,21,22). The first-order chi connectivity index (χ1) is 12.6.